The fourth-order valence-electron chi connectivity index (χ4n) is 2.79. The molecule has 0 atom stereocenters. The van der Waals surface area contributed by atoms with Crippen LogP contribution in [0.1, 0.15) is 35.6 Å². The lowest BCUT2D eigenvalue weighted by Gasteiger charge is -2.26. The Kier molecular flexibility index (Phi) is 4.84. The van der Waals surface area contributed by atoms with Crippen molar-refractivity contribution in [3.63, 3.8) is 0 Å². The molecule has 3 aromatic rings. The Morgan fingerprint density at radius 3 is 2.38 bits per heavy atom. The second kappa shape index (κ2) is 7.07. The number of aromatic nitrogens is 3. The summed E-state index contributed by atoms with van der Waals surface area (Å²) in [6, 6.07) is 15.7. The maximum absolute atomic E-state index is 13.1. The number of nitrogens with zero attached hydrogens (tertiary/aromatic N) is 3. The highest BCUT2D eigenvalue weighted by molar-refractivity contribution is 5.93. The van der Waals surface area contributed by atoms with E-state index in [0.29, 0.717) is 17.8 Å². The number of carbonyl (C=O) groups excluding carboxylic acids is 1. The van der Waals surface area contributed by atoms with Gasteiger partial charge in [-0.25, -0.2) is 4.39 Å². The molecular formula is C20H21FN4O. The van der Waals surface area contributed by atoms with Gasteiger partial charge in [-0.15, -0.1) is 5.10 Å². The zero-order chi connectivity index (χ0) is 18.7. The second-order valence-electron chi connectivity index (χ2n) is 6.90. The summed E-state index contributed by atoms with van der Waals surface area (Å²) >= 11 is 0. The fourth-order valence-corrected chi connectivity index (χ4v) is 2.79. The Labute approximate surface area is 151 Å². The number of nitrogens with one attached hydrogen (secondary N) is 1. The highest BCUT2D eigenvalue weighted by Crippen LogP contribution is 2.15. The number of para-hydroxylation sites is 1. The molecular weight excluding hydrogens is 331 g/mol. The summed E-state index contributed by atoms with van der Waals surface area (Å²) < 4.78 is 13.1. The Morgan fingerprint density at radius 1 is 1.08 bits per heavy atom. The molecule has 0 spiro atoms. The molecule has 0 fully saturated rings. The van der Waals surface area contributed by atoms with Crippen molar-refractivity contribution in [2.45, 2.75) is 32.7 Å². The lowest BCUT2D eigenvalue weighted by Crippen LogP contribution is -2.45. The van der Waals surface area contributed by atoms with E-state index in [1.807, 2.05) is 44.2 Å². The van der Waals surface area contributed by atoms with Crippen LogP contribution in [0.3, 0.4) is 0 Å². The van der Waals surface area contributed by atoms with Crippen molar-refractivity contribution in [1.82, 2.24) is 20.3 Å². The van der Waals surface area contributed by atoms with E-state index in [9.17, 15) is 9.18 Å². The number of aryl methyl sites for hydroxylation is 1. The monoisotopic (exact) mass is 352 g/mol. The first-order chi connectivity index (χ1) is 12.3. The number of benzene rings is 2. The van der Waals surface area contributed by atoms with Crippen LogP contribution in [0.4, 0.5) is 4.39 Å². The van der Waals surface area contributed by atoms with Crippen molar-refractivity contribution in [3.8, 4) is 5.69 Å². The maximum Gasteiger partial charge on any atom is 0.274 e. The summed E-state index contributed by atoms with van der Waals surface area (Å²) in [6.45, 7) is 5.60. The van der Waals surface area contributed by atoms with Crippen LogP contribution in [0.25, 0.3) is 5.69 Å². The third kappa shape index (κ3) is 4.14. The minimum absolute atomic E-state index is 0.274. The summed E-state index contributed by atoms with van der Waals surface area (Å²) in [5.74, 6) is -0.555. The predicted octanol–water partition coefficient (Wildman–Crippen LogP) is 3.47. The molecule has 0 saturated heterocycles. The van der Waals surface area contributed by atoms with Gasteiger partial charge in [-0.05, 0) is 57.0 Å². The summed E-state index contributed by atoms with van der Waals surface area (Å²) in [7, 11) is 0. The average Bonchev–Trinajstić information content (AvgIpc) is 2.99. The molecule has 0 aliphatic carbocycles. The van der Waals surface area contributed by atoms with Crippen molar-refractivity contribution in [2.75, 3.05) is 0 Å². The predicted molar refractivity (Wildman–Crippen MR) is 97.7 cm³/mol. The summed E-state index contributed by atoms with van der Waals surface area (Å²) in [6.07, 6.45) is 0.574. The molecule has 26 heavy (non-hydrogen) atoms. The molecule has 0 unspecified atom stereocenters. The van der Waals surface area contributed by atoms with Crippen LogP contribution in [0.5, 0.6) is 0 Å². The maximum atomic E-state index is 13.1. The van der Waals surface area contributed by atoms with Crippen LogP contribution in [-0.2, 0) is 6.42 Å². The van der Waals surface area contributed by atoms with E-state index in [1.165, 1.54) is 16.9 Å². The largest absolute Gasteiger partial charge is 0.345 e. The molecule has 134 valence electrons. The van der Waals surface area contributed by atoms with Crippen LogP contribution in [-0.4, -0.2) is 26.4 Å². The van der Waals surface area contributed by atoms with E-state index in [-0.39, 0.29) is 11.7 Å². The van der Waals surface area contributed by atoms with Crippen molar-refractivity contribution in [3.05, 3.63) is 77.4 Å². The van der Waals surface area contributed by atoms with Crippen LogP contribution in [0.15, 0.2) is 54.6 Å². The first-order valence-electron chi connectivity index (χ1n) is 8.40. The van der Waals surface area contributed by atoms with Gasteiger partial charge in [0.2, 0.25) is 0 Å². The van der Waals surface area contributed by atoms with E-state index < -0.39 is 5.54 Å². The molecule has 0 aliphatic heterocycles. The lowest BCUT2D eigenvalue weighted by atomic mass is 9.94. The number of hydrogen-bond acceptors (Lipinski definition) is 3. The Bertz CT molecular complexity index is 901. The number of amides is 1. The first-order valence-corrected chi connectivity index (χ1v) is 8.40. The molecule has 0 radical (unpaired) electrons. The summed E-state index contributed by atoms with van der Waals surface area (Å²) in [4.78, 5) is 14.1. The highest BCUT2D eigenvalue weighted by atomic mass is 19.1. The SMILES string of the molecule is Cc1nn(-c2ccccc2)nc1C(=O)NC(C)(C)Cc1ccc(F)cc1. The van der Waals surface area contributed by atoms with Gasteiger partial charge >= 0.3 is 0 Å². The normalized spacial score (nSPS) is 11.4. The molecule has 0 aliphatic rings. The van der Waals surface area contributed by atoms with Crippen molar-refractivity contribution in [2.24, 2.45) is 0 Å². The molecule has 6 heteroatoms. The minimum Gasteiger partial charge on any atom is -0.345 e. The van der Waals surface area contributed by atoms with E-state index >= 15 is 0 Å². The quantitative estimate of drug-likeness (QED) is 0.765. The van der Waals surface area contributed by atoms with Gasteiger partial charge in [0.15, 0.2) is 5.69 Å². The van der Waals surface area contributed by atoms with E-state index in [1.54, 1.807) is 19.1 Å². The van der Waals surface area contributed by atoms with Gasteiger partial charge in [0, 0.05) is 5.54 Å². The van der Waals surface area contributed by atoms with E-state index in [2.05, 4.69) is 15.5 Å². The fraction of sp³-hybridized carbons (Fsp3) is 0.250. The molecule has 1 heterocycles. The molecule has 3 rings (SSSR count). The summed E-state index contributed by atoms with van der Waals surface area (Å²) in [5.41, 5.74) is 2.07. The van der Waals surface area contributed by atoms with Crippen LogP contribution < -0.4 is 5.32 Å². The van der Waals surface area contributed by atoms with Crippen LogP contribution in [0, 0.1) is 12.7 Å². The first kappa shape index (κ1) is 17.8. The van der Waals surface area contributed by atoms with Crippen molar-refractivity contribution < 1.29 is 9.18 Å². The van der Waals surface area contributed by atoms with Gasteiger partial charge in [-0.2, -0.15) is 9.90 Å². The zero-order valence-corrected chi connectivity index (χ0v) is 15.0. The van der Waals surface area contributed by atoms with E-state index in [0.717, 1.165) is 11.3 Å². The Morgan fingerprint density at radius 2 is 1.73 bits per heavy atom. The second-order valence-corrected chi connectivity index (χ2v) is 6.90. The number of hydrogen-bond donors (Lipinski definition) is 1. The van der Waals surface area contributed by atoms with Crippen LogP contribution in [0.2, 0.25) is 0 Å². The third-order valence-corrected chi connectivity index (χ3v) is 4.00. The lowest BCUT2D eigenvalue weighted by molar-refractivity contribution is 0.0907. The molecule has 1 N–H and O–H groups in total. The number of rotatable bonds is 5. The molecule has 5 nitrogen and oxygen atoms in total. The topological polar surface area (TPSA) is 59.8 Å². The van der Waals surface area contributed by atoms with Gasteiger partial charge in [-0.3, -0.25) is 4.79 Å². The van der Waals surface area contributed by atoms with Crippen molar-refractivity contribution >= 4 is 5.91 Å². The molecule has 1 amide bonds. The molecule has 0 bridgehead atoms. The third-order valence-electron chi connectivity index (χ3n) is 4.00. The van der Waals surface area contributed by atoms with E-state index in [4.69, 9.17) is 0 Å². The smallest absolute Gasteiger partial charge is 0.274 e. The standard InChI is InChI=1S/C20H21FN4O/c1-14-18(24-25(23-14)17-7-5-4-6-8-17)19(26)22-20(2,3)13-15-9-11-16(21)12-10-15/h4-12H,13H2,1-3H3,(H,22,26). The number of halogens is 1. The number of carbonyl (C=O) groups is 1. The summed E-state index contributed by atoms with van der Waals surface area (Å²) in [5, 5.41) is 11.6. The van der Waals surface area contributed by atoms with Gasteiger partial charge < -0.3 is 5.32 Å². The molecule has 0 saturated carbocycles. The van der Waals surface area contributed by atoms with Gasteiger partial charge in [0.25, 0.3) is 5.91 Å². The van der Waals surface area contributed by atoms with Crippen molar-refractivity contribution in [1.29, 1.82) is 0 Å². The van der Waals surface area contributed by atoms with Crippen LogP contribution >= 0.6 is 0 Å². The highest BCUT2D eigenvalue weighted by Gasteiger charge is 2.25. The van der Waals surface area contributed by atoms with Gasteiger partial charge in [-0.1, -0.05) is 30.3 Å². The average molecular weight is 352 g/mol. The van der Waals surface area contributed by atoms with Gasteiger partial charge in [0.05, 0.1) is 11.4 Å². The molecule has 1 aromatic heterocycles. The Balaban J connectivity index is 1.75. The minimum atomic E-state index is -0.516. The zero-order valence-electron chi connectivity index (χ0n) is 15.0. The van der Waals surface area contributed by atoms with Gasteiger partial charge in [0.1, 0.15) is 5.82 Å². The Hall–Kier alpha value is -3.02. The molecule has 2 aromatic carbocycles.